The predicted octanol–water partition coefficient (Wildman–Crippen LogP) is 2.80. The second kappa shape index (κ2) is 6.97. The number of hydrogen-bond donors (Lipinski definition) is 2. The van der Waals surface area contributed by atoms with Crippen LogP contribution >= 0.6 is 0 Å². The van der Waals surface area contributed by atoms with Crippen LogP contribution in [-0.2, 0) is 0 Å². The molecule has 2 N–H and O–H groups in total. The van der Waals surface area contributed by atoms with Crippen molar-refractivity contribution < 1.29 is 19.4 Å². The van der Waals surface area contributed by atoms with Crippen LogP contribution in [-0.4, -0.2) is 42.2 Å². The topological polar surface area (TPSA) is 78.9 Å². The summed E-state index contributed by atoms with van der Waals surface area (Å²) in [7, 11) is 1.47. The highest BCUT2D eigenvalue weighted by atomic mass is 16.5. The number of amides is 2. The summed E-state index contributed by atoms with van der Waals surface area (Å²) < 4.78 is 5.01. The summed E-state index contributed by atoms with van der Waals surface area (Å²) in [6.45, 7) is 1.43. The number of carboxylic acid groups (broad SMARTS) is 1. The van der Waals surface area contributed by atoms with Gasteiger partial charge in [0.1, 0.15) is 5.75 Å². The van der Waals surface area contributed by atoms with Gasteiger partial charge in [0.2, 0.25) is 0 Å². The maximum atomic E-state index is 12.2. The number of carbonyl (C=O) groups excluding carboxylic acids is 1. The average molecular weight is 292 g/mol. The van der Waals surface area contributed by atoms with Crippen LogP contribution in [0.3, 0.4) is 0 Å². The van der Waals surface area contributed by atoms with Crippen LogP contribution in [0.2, 0.25) is 0 Å². The van der Waals surface area contributed by atoms with Crippen LogP contribution in [0.5, 0.6) is 5.75 Å². The largest absolute Gasteiger partial charge is 0.497 e. The van der Waals surface area contributed by atoms with Crippen molar-refractivity contribution in [3.8, 4) is 5.75 Å². The molecule has 2 rings (SSSR count). The summed E-state index contributed by atoms with van der Waals surface area (Å²) >= 11 is 0. The van der Waals surface area contributed by atoms with Crippen molar-refractivity contribution in [2.45, 2.75) is 25.7 Å². The van der Waals surface area contributed by atoms with Gasteiger partial charge >= 0.3 is 12.0 Å². The van der Waals surface area contributed by atoms with Crippen molar-refractivity contribution >= 4 is 17.7 Å². The molecule has 6 heteroatoms. The first kappa shape index (κ1) is 15.2. The Bertz CT molecular complexity index is 522. The van der Waals surface area contributed by atoms with E-state index in [1.807, 2.05) is 0 Å². The number of ether oxygens (including phenoxy) is 1. The van der Waals surface area contributed by atoms with Crippen molar-refractivity contribution in [2.24, 2.45) is 0 Å². The molecule has 1 saturated heterocycles. The number of benzene rings is 1. The summed E-state index contributed by atoms with van der Waals surface area (Å²) in [5.41, 5.74) is 0.315. The lowest BCUT2D eigenvalue weighted by Crippen LogP contribution is -2.36. The molecule has 0 radical (unpaired) electrons. The van der Waals surface area contributed by atoms with Crippen molar-refractivity contribution in [3.05, 3.63) is 23.8 Å². The maximum Gasteiger partial charge on any atom is 0.337 e. The Morgan fingerprint density at radius 2 is 1.86 bits per heavy atom. The molecule has 6 nitrogen and oxygen atoms in total. The lowest BCUT2D eigenvalue weighted by Gasteiger charge is -2.21. The van der Waals surface area contributed by atoms with E-state index in [0.29, 0.717) is 18.8 Å². The Kier molecular flexibility index (Phi) is 5.03. The number of carboxylic acids is 1. The molecule has 1 aromatic carbocycles. The quantitative estimate of drug-likeness (QED) is 0.898. The summed E-state index contributed by atoms with van der Waals surface area (Å²) in [6, 6.07) is 4.34. The van der Waals surface area contributed by atoms with E-state index >= 15 is 0 Å². The SMILES string of the molecule is COc1ccc(NC(=O)N2CCCCCC2)c(C(=O)O)c1. The van der Waals surface area contributed by atoms with Gasteiger partial charge in [-0.15, -0.1) is 0 Å². The van der Waals surface area contributed by atoms with Crippen molar-refractivity contribution in [1.29, 1.82) is 0 Å². The predicted molar refractivity (Wildman–Crippen MR) is 79.0 cm³/mol. The van der Waals surface area contributed by atoms with Gasteiger partial charge < -0.3 is 20.1 Å². The molecule has 0 unspecified atom stereocenters. The van der Waals surface area contributed by atoms with Gasteiger partial charge in [-0.25, -0.2) is 9.59 Å². The highest BCUT2D eigenvalue weighted by Crippen LogP contribution is 2.23. The Hall–Kier alpha value is -2.24. The first-order valence-electron chi connectivity index (χ1n) is 7.09. The first-order chi connectivity index (χ1) is 10.1. The molecule has 0 bridgehead atoms. The number of urea groups is 1. The van der Waals surface area contributed by atoms with Gasteiger partial charge in [-0.2, -0.15) is 0 Å². The van der Waals surface area contributed by atoms with Gasteiger partial charge in [-0.3, -0.25) is 0 Å². The fourth-order valence-electron chi connectivity index (χ4n) is 2.40. The smallest absolute Gasteiger partial charge is 0.337 e. The molecule has 1 aromatic rings. The number of carbonyl (C=O) groups is 2. The minimum Gasteiger partial charge on any atom is -0.497 e. The standard InChI is InChI=1S/C15H20N2O4/c1-21-11-6-7-13(12(10-11)14(18)19)16-15(20)17-8-4-2-3-5-9-17/h6-7,10H,2-5,8-9H2,1H3,(H,16,20)(H,18,19). The minimum atomic E-state index is -1.10. The number of anilines is 1. The zero-order valence-electron chi connectivity index (χ0n) is 12.1. The fourth-order valence-corrected chi connectivity index (χ4v) is 2.40. The van der Waals surface area contributed by atoms with E-state index in [1.54, 1.807) is 17.0 Å². The number of nitrogens with zero attached hydrogens (tertiary/aromatic N) is 1. The Balaban J connectivity index is 2.14. The van der Waals surface area contributed by atoms with Gasteiger partial charge in [0, 0.05) is 13.1 Å². The van der Waals surface area contributed by atoms with Crippen LogP contribution in [0.25, 0.3) is 0 Å². The van der Waals surface area contributed by atoms with Crippen LogP contribution in [0.4, 0.5) is 10.5 Å². The Morgan fingerprint density at radius 1 is 1.19 bits per heavy atom. The maximum absolute atomic E-state index is 12.2. The van der Waals surface area contributed by atoms with E-state index in [1.165, 1.54) is 13.2 Å². The lowest BCUT2D eigenvalue weighted by molar-refractivity contribution is 0.0697. The summed E-state index contributed by atoms with van der Waals surface area (Å²) in [6.07, 6.45) is 4.24. The fraction of sp³-hybridized carbons (Fsp3) is 0.467. The van der Waals surface area contributed by atoms with Crippen LogP contribution < -0.4 is 10.1 Å². The number of nitrogens with one attached hydrogen (secondary N) is 1. The Morgan fingerprint density at radius 3 is 2.43 bits per heavy atom. The molecule has 1 aliphatic rings. The number of rotatable bonds is 3. The normalized spacial score (nSPS) is 15.2. The van der Waals surface area contributed by atoms with E-state index in [4.69, 9.17) is 4.74 Å². The third-order valence-corrected chi connectivity index (χ3v) is 3.59. The molecule has 0 aliphatic carbocycles. The molecule has 0 spiro atoms. The minimum absolute atomic E-state index is 0.0255. The van der Waals surface area contributed by atoms with Crippen LogP contribution in [0.15, 0.2) is 18.2 Å². The van der Waals surface area contributed by atoms with Crippen LogP contribution in [0, 0.1) is 0 Å². The molecule has 2 amide bonds. The van der Waals surface area contributed by atoms with E-state index < -0.39 is 5.97 Å². The summed E-state index contributed by atoms with van der Waals surface area (Å²) in [5, 5.41) is 11.9. The third-order valence-electron chi connectivity index (χ3n) is 3.59. The molecule has 21 heavy (non-hydrogen) atoms. The number of methoxy groups -OCH3 is 1. The van der Waals surface area contributed by atoms with Crippen molar-refractivity contribution in [3.63, 3.8) is 0 Å². The molecule has 114 valence electrons. The summed E-state index contributed by atoms with van der Waals surface area (Å²) in [4.78, 5) is 25.3. The number of aromatic carboxylic acids is 1. The lowest BCUT2D eigenvalue weighted by atomic mass is 10.1. The third kappa shape index (κ3) is 3.87. The molecule has 0 aromatic heterocycles. The van der Waals surface area contributed by atoms with E-state index in [9.17, 15) is 14.7 Å². The first-order valence-corrected chi connectivity index (χ1v) is 7.09. The average Bonchev–Trinajstić information content (AvgIpc) is 2.76. The monoisotopic (exact) mass is 292 g/mol. The van der Waals surface area contributed by atoms with Crippen molar-refractivity contribution in [2.75, 3.05) is 25.5 Å². The Labute approximate surface area is 123 Å². The van der Waals surface area contributed by atoms with Crippen molar-refractivity contribution in [1.82, 2.24) is 4.90 Å². The second-order valence-electron chi connectivity index (χ2n) is 5.05. The molecule has 1 fully saturated rings. The second-order valence-corrected chi connectivity index (χ2v) is 5.05. The molecule has 1 aliphatic heterocycles. The number of likely N-dealkylation sites (tertiary alicyclic amines) is 1. The van der Waals surface area contributed by atoms with Gasteiger partial charge in [-0.05, 0) is 31.0 Å². The highest BCUT2D eigenvalue weighted by Gasteiger charge is 2.18. The van der Waals surface area contributed by atoms with Gasteiger partial charge in [0.05, 0.1) is 18.4 Å². The highest BCUT2D eigenvalue weighted by molar-refractivity contribution is 6.00. The number of hydrogen-bond acceptors (Lipinski definition) is 3. The molecular weight excluding hydrogens is 272 g/mol. The van der Waals surface area contributed by atoms with E-state index in [-0.39, 0.29) is 17.3 Å². The van der Waals surface area contributed by atoms with Gasteiger partial charge in [0.25, 0.3) is 0 Å². The van der Waals surface area contributed by atoms with Gasteiger partial charge in [0.15, 0.2) is 0 Å². The molecule has 0 atom stereocenters. The van der Waals surface area contributed by atoms with Gasteiger partial charge in [-0.1, -0.05) is 12.8 Å². The zero-order chi connectivity index (χ0) is 15.2. The zero-order valence-corrected chi connectivity index (χ0v) is 12.1. The van der Waals surface area contributed by atoms with E-state index in [0.717, 1.165) is 25.7 Å². The molecule has 0 saturated carbocycles. The molecule has 1 heterocycles. The molecular formula is C15H20N2O4. The van der Waals surface area contributed by atoms with Crippen LogP contribution in [0.1, 0.15) is 36.0 Å². The summed E-state index contributed by atoms with van der Waals surface area (Å²) in [5.74, 6) is -0.653. The van der Waals surface area contributed by atoms with E-state index in [2.05, 4.69) is 5.32 Å².